The molecule has 4 rings (SSSR count). The van der Waals surface area contributed by atoms with Crippen LogP contribution in [0.15, 0.2) is 36.5 Å². The van der Waals surface area contributed by atoms with E-state index in [1.165, 1.54) is 0 Å². The molecule has 0 unspecified atom stereocenters. The van der Waals surface area contributed by atoms with Crippen LogP contribution in [0.4, 0.5) is 17.3 Å². The fourth-order valence-electron chi connectivity index (χ4n) is 3.32. The average Bonchev–Trinajstić information content (AvgIpc) is 3.16. The standard InChI is InChI=1S/C20H24N6O2/c1-3-28-15-8-6-14(7-9-15)23-19-13(2)18(25-17-10-12-22-26(17)19)24-16-5-4-11-21-20(16)27/h6-10,12,16,23H,3-5,11H2,1-2H3,(H,21,27)(H,24,25)/t16-/m0/s1. The Morgan fingerprint density at radius 2 is 2.11 bits per heavy atom. The van der Waals surface area contributed by atoms with Crippen molar-refractivity contribution in [1.82, 2.24) is 19.9 Å². The molecule has 8 heteroatoms. The molecule has 1 aromatic carbocycles. The zero-order valence-electron chi connectivity index (χ0n) is 16.0. The maximum atomic E-state index is 12.1. The number of hydrogen-bond acceptors (Lipinski definition) is 6. The van der Waals surface area contributed by atoms with Crippen molar-refractivity contribution in [3.8, 4) is 5.75 Å². The summed E-state index contributed by atoms with van der Waals surface area (Å²) < 4.78 is 7.26. The largest absolute Gasteiger partial charge is 0.494 e. The summed E-state index contributed by atoms with van der Waals surface area (Å²) in [5.41, 5.74) is 2.51. The molecule has 1 fully saturated rings. The number of fused-ring (bicyclic) bond motifs is 1. The molecular formula is C20H24N6O2. The third-order valence-electron chi connectivity index (χ3n) is 4.80. The minimum atomic E-state index is -0.274. The van der Waals surface area contributed by atoms with Crippen molar-refractivity contribution in [3.05, 3.63) is 42.1 Å². The molecule has 0 radical (unpaired) electrons. The van der Waals surface area contributed by atoms with Gasteiger partial charge in [-0.2, -0.15) is 9.61 Å². The summed E-state index contributed by atoms with van der Waals surface area (Å²) in [5.74, 6) is 2.33. The first-order chi connectivity index (χ1) is 13.7. The van der Waals surface area contributed by atoms with Gasteiger partial charge in [-0.1, -0.05) is 0 Å². The van der Waals surface area contributed by atoms with Crippen LogP contribution in [-0.2, 0) is 4.79 Å². The Labute approximate surface area is 163 Å². The molecule has 1 aliphatic heterocycles. The van der Waals surface area contributed by atoms with Crippen LogP contribution in [0.25, 0.3) is 5.65 Å². The highest BCUT2D eigenvalue weighted by molar-refractivity contribution is 5.85. The number of hydrogen-bond donors (Lipinski definition) is 3. The molecule has 1 amide bonds. The van der Waals surface area contributed by atoms with Gasteiger partial charge in [0.15, 0.2) is 5.65 Å². The van der Waals surface area contributed by atoms with Crippen LogP contribution >= 0.6 is 0 Å². The summed E-state index contributed by atoms with van der Waals surface area (Å²) in [6.07, 6.45) is 3.45. The van der Waals surface area contributed by atoms with E-state index in [4.69, 9.17) is 4.74 Å². The van der Waals surface area contributed by atoms with Crippen LogP contribution in [-0.4, -0.2) is 39.7 Å². The molecule has 146 valence electrons. The van der Waals surface area contributed by atoms with Gasteiger partial charge in [0.1, 0.15) is 23.4 Å². The first kappa shape index (κ1) is 18.1. The Bertz CT molecular complexity index is 982. The minimum Gasteiger partial charge on any atom is -0.494 e. The van der Waals surface area contributed by atoms with E-state index in [9.17, 15) is 4.79 Å². The second kappa shape index (κ2) is 7.75. The minimum absolute atomic E-state index is 0.0156. The Morgan fingerprint density at radius 1 is 1.29 bits per heavy atom. The van der Waals surface area contributed by atoms with Crippen LogP contribution in [0.2, 0.25) is 0 Å². The topological polar surface area (TPSA) is 92.6 Å². The van der Waals surface area contributed by atoms with Gasteiger partial charge in [0.2, 0.25) is 5.91 Å². The fourth-order valence-corrected chi connectivity index (χ4v) is 3.32. The third kappa shape index (κ3) is 3.58. The van der Waals surface area contributed by atoms with E-state index < -0.39 is 0 Å². The summed E-state index contributed by atoms with van der Waals surface area (Å²) in [7, 11) is 0. The number of amides is 1. The number of rotatable bonds is 6. The van der Waals surface area contributed by atoms with Crippen LogP contribution in [0, 0.1) is 6.92 Å². The van der Waals surface area contributed by atoms with Crippen molar-refractivity contribution in [2.45, 2.75) is 32.7 Å². The summed E-state index contributed by atoms with van der Waals surface area (Å²) in [6.45, 7) is 5.29. The molecule has 0 spiro atoms. The Morgan fingerprint density at radius 3 is 2.86 bits per heavy atom. The summed E-state index contributed by atoms with van der Waals surface area (Å²) in [6, 6.07) is 9.34. The highest BCUT2D eigenvalue weighted by Gasteiger charge is 2.24. The number of nitrogens with zero attached hydrogens (tertiary/aromatic N) is 3. The van der Waals surface area contributed by atoms with E-state index in [1.807, 2.05) is 44.2 Å². The summed E-state index contributed by atoms with van der Waals surface area (Å²) in [4.78, 5) is 16.8. The number of piperidine rings is 1. The first-order valence-electron chi connectivity index (χ1n) is 9.54. The molecule has 8 nitrogen and oxygen atoms in total. The van der Waals surface area contributed by atoms with Gasteiger partial charge in [0, 0.05) is 23.9 Å². The molecule has 3 aromatic rings. The van der Waals surface area contributed by atoms with E-state index in [1.54, 1.807) is 10.7 Å². The van der Waals surface area contributed by atoms with E-state index in [0.29, 0.717) is 18.1 Å². The maximum absolute atomic E-state index is 12.1. The van der Waals surface area contributed by atoms with Gasteiger partial charge in [-0.05, 0) is 51.0 Å². The third-order valence-corrected chi connectivity index (χ3v) is 4.80. The van der Waals surface area contributed by atoms with Gasteiger partial charge in [-0.15, -0.1) is 0 Å². The molecule has 2 aromatic heterocycles. The van der Waals surface area contributed by atoms with Gasteiger partial charge >= 0.3 is 0 Å². The van der Waals surface area contributed by atoms with Crippen molar-refractivity contribution in [2.75, 3.05) is 23.8 Å². The molecule has 28 heavy (non-hydrogen) atoms. The number of carbonyl (C=O) groups excluding carboxylic acids is 1. The Kier molecular flexibility index (Phi) is 5.01. The lowest BCUT2D eigenvalue weighted by molar-refractivity contribution is -0.123. The molecule has 1 atom stereocenters. The Balaban J connectivity index is 1.65. The SMILES string of the molecule is CCOc1ccc(Nc2c(C)c(N[C@H]3CCCNC3=O)nc3ccnn23)cc1. The van der Waals surface area contributed by atoms with Crippen molar-refractivity contribution < 1.29 is 9.53 Å². The van der Waals surface area contributed by atoms with Crippen molar-refractivity contribution >= 4 is 28.9 Å². The van der Waals surface area contributed by atoms with Gasteiger partial charge < -0.3 is 20.7 Å². The van der Waals surface area contributed by atoms with Crippen LogP contribution < -0.4 is 20.7 Å². The number of carbonyl (C=O) groups is 1. The van der Waals surface area contributed by atoms with Crippen molar-refractivity contribution in [1.29, 1.82) is 0 Å². The smallest absolute Gasteiger partial charge is 0.242 e. The lowest BCUT2D eigenvalue weighted by atomic mass is 10.1. The van der Waals surface area contributed by atoms with Crippen LogP contribution in [0.1, 0.15) is 25.3 Å². The lowest BCUT2D eigenvalue weighted by Crippen LogP contribution is -2.44. The number of anilines is 3. The zero-order valence-corrected chi connectivity index (χ0v) is 16.0. The van der Waals surface area contributed by atoms with E-state index in [-0.39, 0.29) is 11.9 Å². The van der Waals surface area contributed by atoms with Crippen LogP contribution in [0.5, 0.6) is 5.75 Å². The monoisotopic (exact) mass is 380 g/mol. The van der Waals surface area contributed by atoms with Crippen molar-refractivity contribution in [2.24, 2.45) is 0 Å². The molecule has 1 aliphatic rings. The fraction of sp³-hybridized carbons (Fsp3) is 0.350. The molecule has 0 aliphatic carbocycles. The summed E-state index contributed by atoms with van der Waals surface area (Å²) in [5, 5.41) is 14.0. The molecule has 3 N–H and O–H groups in total. The number of nitrogens with one attached hydrogen (secondary N) is 3. The van der Waals surface area contributed by atoms with E-state index in [2.05, 4.69) is 26.0 Å². The molecule has 0 saturated carbocycles. The van der Waals surface area contributed by atoms with Gasteiger partial charge in [-0.3, -0.25) is 4.79 Å². The normalized spacial score (nSPS) is 16.6. The molecule has 3 heterocycles. The number of benzene rings is 1. The molecule has 0 bridgehead atoms. The quantitative estimate of drug-likeness (QED) is 0.609. The second-order valence-corrected chi connectivity index (χ2v) is 6.75. The summed E-state index contributed by atoms with van der Waals surface area (Å²) >= 11 is 0. The highest BCUT2D eigenvalue weighted by atomic mass is 16.5. The number of aromatic nitrogens is 3. The van der Waals surface area contributed by atoms with Gasteiger partial charge in [-0.25, -0.2) is 4.98 Å². The number of ether oxygens (including phenoxy) is 1. The average molecular weight is 380 g/mol. The zero-order chi connectivity index (χ0) is 19.5. The predicted molar refractivity (Wildman–Crippen MR) is 108 cm³/mol. The maximum Gasteiger partial charge on any atom is 0.242 e. The highest BCUT2D eigenvalue weighted by Crippen LogP contribution is 2.28. The Hall–Kier alpha value is -3.29. The van der Waals surface area contributed by atoms with Gasteiger partial charge in [0.05, 0.1) is 12.8 Å². The molecular weight excluding hydrogens is 356 g/mol. The second-order valence-electron chi connectivity index (χ2n) is 6.75. The van der Waals surface area contributed by atoms with Gasteiger partial charge in [0.25, 0.3) is 0 Å². The lowest BCUT2D eigenvalue weighted by Gasteiger charge is -2.24. The molecule has 1 saturated heterocycles. The van der Waals surface area contributed by atoms with E-state index in [0.717, 1.165) is 42.2 Å². The van der Waals surface area contributed by atoms with Crippen LogP contribution in [0.3, 0.4) is 0 Å². The van der Waals surface area contributed by atoms with E-state index >= 15 is 0 Å². The van der Waals surface area contributed by atoms with Crippen molar-refractivity contribution in [3.63, 3.8) is 0 Å². The first-order valence-corrected chi connectivity index (χ1v) is 9.54. The predicted octanol–water partition coefficient (Wildman–Crippen LogP) is 2.87.